The topological polar surface area (TPSA) is 52.6 Å². The van der Waals surface area contributed by atoms with Gasteiger partial charge in [-0.15, -0.1) is 0 Å². The van der Waals surface area contributed by atoms with Crippen molar-refractivity contribution >= 4 is 22.7 Å². The number of nitrogens with one attached hydrogen (secondary N) is 1. The van der Waals surface area contributed by atoms with Crippen LogP contribution >= 0.6 is 0 Å². The number of carbonyl (C=O) groups is 2. The summed E-state index contributed by atoms with van der Waals surface area (Å²) in [6.07, 6.45) is 0. The van der Waals surface area contributed by atoms with Crippen molar-refractivity contribution < 1.29 is 9.59 Å². The average Bonchev–Trinajstić information content (AvgIpc) is 2.97. The lowest BCUT2D eigenvalue weighted by atomic mass is 9.87. The predicted octanol–water partition coefficient (Wildman–Crippen LogP) is 4.99. The van der Waals surface area contributed by atoms with Gasteiger partial charge >= 0.3 is 6.03 Å². The second kappa shape index (κ2) is 8.06. The number of carbonyl (C=O) groups excluding carboxylic acids is 2. The summed E-state index contributed by atoms with van der Waals surface area (Å²) in [4.78, 5) is 29.4. The number of amides is 3. The molecule has 3 aromatic rings. The smallest absolute Gasteiger partial charge is 0.319 e. The number of nitrogens with zero attached hydrogens (tertiary/aromatic N) is 2. The van der Waals surface area contributed by atoms with Crippen molar-refractivity contribution in [3.63, 3.8) is 0 Å². The summed E-state index contributed by atoms with van der Waals surface area (Å²) >= 11 is 0. The molecule has 1 saturated heterocycles. The van der Waals surface area contributed by atoms with Gasteiger partial charge in [0.1, 0.15) is 5.54 Å². The van der Waals surface area contributed by atoms with E-state index in [1.54, 1.807) is 6.92 Å². The summed E-state index contributed by atoms with van der Waals surface area (Å²) < 4.78 is 0. The number of hydrogen-bond donors (Lipinski definition) is 1. The third kappa shape index (κ3) is 4.13. The molecule has 0 unspecified atom stereocenters. The van der Waals surface area contributed by atoms with Crippen LogP contribution in [-0.4, -0.2) is 35.5 Å². The summed E-state index contributed by atoms with van der Waals surface area (Å²) in [7, 11) is 1.92. The molecule has 5 heteroatoms. The van der Waals surface area contributed by atoms with E-state index in [2.05, 4.69) is 50.4 Å². The minimum Gasteiger partial charge on any atom is -0.319 e. The lowest BCUT2D eigenvalue weighted by Crippen LogP contribution is -2.42. The van der Waals surface area contributed by atoms with Crippen molar-refractivity contribution in [3.8, 4) is 0 Å². The van der Waals surface area contributed by atoms with Gasteiger partial charge in [0.15, 0.2) is 0 Å². The van der Waals surface area contributed by atoms with Crippen LogP contribution in [0, 0.1) is 0 Å². The largest absolute Gasteiger partial charge is 0.326 e. The Bertz CT molecular complexity index is 1160. The highest BCUT2D eigenvalue weighted by molar-refractivity contribution is 6.07. The fourth-order valence-corrected chi connectivity index (χ4v) is 4.23. The Morgan fingerprint density at radius 2 is 1.59 bits per heavy atom. The minimum atomic E-state index is -1.07. The van der Waals surface area contributed by atoms with E-state index in [1.807, 2.05) is 54.4 Å². The monoisotopic (exact) mass is 429 g/mol. The molecule has 0 saturated carbocycles. The van der Waals surface area contributed by atoms with Crippen molar-refractivity contribution in [1.29, 1.82) is 0 Å². The van der Waals surface area contributed by atoms with Gasteiger partial charge < -0.3 is 5.32 Å². The van der Waals surface area contributed by atoms with Gasteiger partial charge in [0, 0.05) is 6.54 Å². The van der Waals surface area contributed by atoms with Crippen molar-refractivity contribution in [2.24, 2.45) is 0 Å². The standard InChI is InChI=1S/C27H31N3O2/c1-26(2,3)22-13-10-19(11-14-22)17-29(5)18-30-24(31)27(4,28-25(30)32)23-15-12-20-8-6-7-9-21(20)16-23/h6-16H,17-18H2,1-5H3,(H,28,32)/t27-/m0/s1. The van der Waals surface area contributed by atoms with Gasteiger partial charge in [-0.3, -0.25) is 9.69 Å². The fraction of sp³-hybridized carbons (Fsp3) is 0.333. The first-order valence-electron chi connectivity index (χ1n) is 11.0. The van der Waals surface area contributed by atoms with E-state index in [-0.39, 0.29) is 24.0 Å². The molecule has 0 aromatic heterocycles. The molecule has 3 amide bonds. The van der Waals surface area contributed by atoms with Gasteiger partial charge in [-0.05, 0) is 52.9 Å². The molecule has 1 atom stereocenters. The Kier molecular flexibility index (Phi) is 5.55. The van der Waals surface area contributed by atoms with Crippen molar-refractivity contribution in [1.82, 2.24) is 15.1 Å². The summed E-state index contributed by atoms with van der Waals surface area (Å²) in [6, 6.07) is 22.1. The van der Waals surface area contributed by atoms with Crippen molar-refractivity contribution in [2.75, 3.05) is 13.7 Å². The molecule has 4 rings (SSSR count). The lowest BCUT2D eigenvalue weighted by molar-refractivity contribution is -0.132. The molecule has 1 fully saturated rings. The van der Waals surface area contributed by atoms with E-state index in [9.17, 15) is 9.59 Å². The summed E-state index contributed by atoms with van der Waals surface area (Å²) in [5.41, 5.74) is 2.25. The molecule has 0 bridgehead atoms. The van der Waals surface area contributed by atoms with Crippen LogP contribution in [0.15, 0.2) is 66.7 Å². The maximum absolute atomic E-state index is 13.3. The van der Waals surface area contributed by atoms with Gasteiger partial charge in [-0.1, -0.05) is 81.4 Å². The third-order valence-corrected chi connectivity index (χ3v) is 6.26. The number of rotatable bonds is 5. The normalized spacial score (nSPS) is 19.1. The molecule has 3 aromatic carbocycles. The van der Waals surface area contributed by atoms with Crippen LogP contribution < -0.4 is 5.32 Å². The zero-order valence-corrected chi connectivity index (χ0v) is 19.5. The quantitative estimate of drug-likeness (QED) is 0.581. The Morgan fingerprint density at radius 3 is 2.25 bits per heavy atom. The van der Waals surface area contributed by atoms with Gasteiger partial charge in [0.25, 0.3) is 5.91 Å². The number of benzene rings is 3. The van der Waals surface area contributed by atoms with E-state index < -0.39 is 5.54 Å². The van der Waals surface area contributed by atoms with Gasteiger partial charge in [-0.25, -0.2) is 9.69 Å². The van der Waals surface area contributed by atoms with E-state index in [1.165, 1.54) is 10.5 Å². The summed E-state index contributed by atoms with van der Waals surface area (Å²) in [5, 5.41) is 5.06. The highest BCUT2D eigenvalue weighted by atomic mass is 16.2. The summed E-state index contributed by atoms with van der Waals surface area (Å²) in [5.74, 6) is -0.229. The fourth-order valence-electron chi connectivity index (χ4n) is 4.23. The van der Waals surface area contributed by atoms with E-state index in [4.69, 9.17) is 0 Å². The van der Waals surface area contributed by atoms with Gasteiger partial charge in [-0.2, -0.15) is 0 Å². The summed E-state index contributed by atoms with van der Waals surface area (Å²) in [6.45, 7) is 9.24. The molecule has 1 aliphatic rings. The second-order valence-electron chi connectivity index (χ2n) is 9.95. The van der Waals surface area contributed by atoms with Crippen LogP contribution in [0.2, 0.25) is 0 Å². The van der Waals surface area contributed by atoms with Crippen LogP contribution in [0.25, 0.3) is 10.8 Å². The predicted molar refractivity (Wildman–Crippen MR) is 128 cm³/mol. The first-order valence-corrected chi connectivity index (χ1v) is 11.0. The zero-order chi connectivity index (χ0) is 23.1. The lowest BCUT2D eigenvalue weighted by Gasteiger charge is -2.25. The third-order valence-electron chi connectivity index (χ3n) is 6.26. The van der Waals surface area contributed by atoms with E-state index >= 15 is 0 Å². The van der Waals surface area contributed by atoms with Crippen molar-refractivity contribution in [3.05, 3.63) is 83.4 Å². The molecule has 0 radical (unpaired) electrons. The van der Waals surface area contributed by atoms with Crippen LogP contribution in [0.5, 0.6) is 0 Å². The maximum atomic E-state index is 13.3. The molecule has 5 nitrogen and oxygen atoms in total. The first-order chi connectivity index (χ1) is 15.1. The highest BCUT2D eigenvalue weighted by Gasteiger charge is 2.49. The molecule has 0 spiro atoms. The minimum absolute atomic E-state index is 0.109. The Hall–Kier alpha value is -3.18. The molecule has 32 heavy (non-hydrogen) atoms. The average molecular weight is 430 g/mol. The molecular weight excluding hydrogens is 398 g/mol. The maximum Gasteiger partial charge on any atom is 0.326 e. The molecule has 1 N–H and O–H groups in total. The van der Waals surface area contributed by atoms with Gasteiger partial charge in [0.05, 0.1) is 6.67 Å². The second-order valence-corrected chi connectivity index (χ2v) is 9.95. The zero-order valence-electron chi connectivity index (χ0n) is 19.5. The molecule has 1 aliphatic heterocycles. The first kappa shape index (κ1) is 22.0. The number of imide groups is 1. The van der Waals surface area contributed by atoms with E-state index in [0.717, 1.165) is 21.9 Å². The number of urea groups is 1. The molecule has 0 aliphatic carbocycles. The van der Waals surface area contributed by atoms with E-state index in [0.29, 0.717) is 6.54 Å². The van der Waals surface area contributed by atoms with Crippen molar-refractivity contribution in [2.45, 2.75) is 45.2 Å². The van der Waals surface area contributed by atoms with Crippen LogP contribution in [0.3, 0.4) is 0 Å². The Morgan fingerprint density at radius 1 is 0.938 bits per heavy atom. The molecular formula is C27H31N3O2. The van der Waals surface area contributed by atoms with Gasteiger partial charge in [0.2, 0.25) is 0 Å². The number of fused-ring (bicyclic) bond motifs is 1. The molecule has 1 heterocycles. The Labute approximate surface area is 190 Å². The van der Waals surface area contributed by atoms with Crippen LogP contribution in [-0.2, 0) is 22.3 Å². The Balaban J connectivity index is 1.48. The SMILES string of the molecule is CN(Cc1ccc(C(C)(C)C)cc1)CN1C(=O)N[C@@](C)(c2ccc3ccccc3c2)C1=O. The van der Waals surface area contributed by atoms with Crippen LogP contribution in [0.4, 0.5) is 4.79 Å². The van der Waals surface area contributed by atoms with Crippen LogP contribution in [0.1, 0.15) is 44.4 Å². The number of hydrogen-bond acceptors (Lipinski definition) is 3. The highest BCUT2D eigenvalue weighted by Crippen LogP contribution is 2.31. The molecule has 166 valence electrons.